The van der Waals surface area contributed by atoms with Gasteiger partial charge in [-0.25, -0.2) is 27.5 Å². The van der Waals surface area contributed by atoms with E-state index in [-0.39, 0.29) is 35.1 Å². The SMILES string of the molecule is CCN(C(=O)c1cc(F)ccc1Oc1cncnc1N1CC(CNCC2CCC(NS(=O)(=O)CC)CC2)C1)C(C)C. The zero-order valence-electron chi connectivity index (χ0n) is 24.5. The monoisotopic (exact) mass is 590 g/mol. The van der Waals surface area contributed by atoms with Gasteiger partial charge in [0.05, 0.1) is 17.5 Å². The van der Waals surface area contributed by atoms with Crippen LogP contribution in [-0.4, -0.2) is 79.8 Å². The molecule has 1 saturated carbocycles. The Bertz CT molecular complexity index is 1280. The number of nitrogens with zero attached hydrogens (tertiary/aromatic N) is 4. The molecule has 226 valence electrons. The largest absolute Gasteiger partial charge is 0.451 e. The molecule has 0 spiro atoms. The zero-order chi connectivity index (χ0) is 29.6. The highest BCUT2D eigenvalue weighted by molar-refractivity contribution is 7.89. The summed E-state index contributed by atoms with van der Waals surface area (Å²) < 4.78 is 46.7. The van der Waals surface area contributed by atoms with Crippen LogP contribution in [0.5, 0.6) is 11.5 Å². The van der Waals surface area contributed by atoms with Gasteiger partial charge in [-0.05, 0) is 84.0 Å². The molecule has 4 rings (SSSR count). The van der Waals surface area contributed by atoms with Gasteiger partial charge in [0.1, 0.15) is 17.9 Å². The minimum Gasteiger partial charge on any atom is -0.451 e. The number of rotatable bonds is 13. The van der Waals surface area contributed by atoms with E-state index >= 15 is 0 Å². The van der Waals surface area contributed by atoms with E-state index in [1.807, 2.05) is 20.8 Å². The molecule has 10 nitrogen and oxygen atoms in total. The number of aromatic nitrogens is 2. The summed E-state index contributed by atoms with van der Waals surface area (Å²) in [4.78, 5) is 25.6. The lowest BCUT2D eigenvalue weighted by molar-refractivity contribution is 0.0713. The van der Waals surface area contributed by atoms with Gasteiger partial charge in [0.2, 0.25) is 10.0 Å². The van der Waals surface area contributed by atoms with E-state index in [9.17, 15) is 17.6 Å². The number of halogens is 1. The molecule has 0 bridgehead atoms. The fourth-order valence-corrected chi connectivity index (χ4v) is 6.49. The molecule has 0 unspecified atom stereocenters. The van der Waals surface area contributed by atoms with Crippen molar-refractivity contribution in [2.75, 3.05) is 43.4 Å². The normalized spacial score (nSPS) is 19.7. The van der Waals surface area contributed by atoms with Gasteiger partial charge in [0.25, 0.3) is 5.91 Å². The standard InChI is InChI=1S/C29H43FN6O4S/c1-5-36(20(3)4)29(37)25-13-23(30)9-12-26(25)40-27-16-32-19-33-28(27)35-17-22(18-35)15-31-14-21-7-10-24(11-8-21)34-41(38,39)6-2/h9,12-13,16,19-22,24,31,34H,5-8,10-11,14-15,17-18H2,1-4H3. The number of nitrogens with one attached hydrogen (secondary N) is 2. The highest BCUT2D eigenvalue weighted by atomic mass is 32.2. The number of hydrogen-bond donors (Lipinski definition) is 2. The molecule has 2 heterocycles. The van der Waals surface area contributed by atoms with Crippen LogP contribution < -0.4 is 19.7 Å². The molecule has 2 aliphatic rings. The molecule has 1 saturated heterocycles. The summed E-state index contributed by atoms with van der Waals surface area (Å²) in [6.45, 7) is 11.3. The Morgan fingerprint density at radius 1 is 1.12 bits per heavy atom. The first kappa shape index (κ1) is 31.1. The first-order valence-corrected chi connectivity index (χ1v) is 16.3. The molecular formula is C29H43FN6O4S. The molecule has 2 aromatic rings. The molecule has 41 heavy (non-hydrogen) atoms. The van der Waals surface area contributed by atoms with Gasteiger partial charge in [-0.2, -0.15) is 0 Å². The summed E-state index contributed by atoms with van der Waals surface area (Å²) in [5.41, 5.74) is 0.165. The molecule has 1 aromatic carbocycles. The quantitative estimate of drug-likeness (QED) is 0.362. The lowest BCUT2D eigenvalue weighted by Crippen LogP contribution is -2.51. The minimum atomic E-state index is -3.15. The van der Waals surface area contributed by atoms with Crippen molar-refractivity contribution in [2.45, 2.75) is 65.5 Å². The number of hydrogen-bond acceptors (Lipinski definition) is 8. The Balaban J connectivity index is 1.29. The highest BCUT2D eigenvalue weighted by Gasteiger charge is 2.31. The predicted molar refractivity (Wildman–Crippen MR) is 157 cm³/mol. The fourth-order valence-electron chi connectivity index (χ4n) is 5.58. The molecule has 1 aliphatic carbocycles. The number of anilines is 1. The van der Waals surface area contributed by atoms with Crippen molar-refractivity contribution in [3.8, 4) is 11.5 Å². The molecule has 1 aromatic heterocycles. The number of carbonyl (C=O) groups excluding carboxylic acids is 1. The van der Waals surface area contributed by atoms with E-state index in [2.05, 4.69) is 24.9 Å². The summed E-state index contributed by atoms with van der Waals surface area (Å²) in [6, 6.07) is 3.99. The smallest absolute Gasteiger partial charge is 0.257 e. The third-order valence-electron chi connectivity index (χ3n) is 7.97. The average molecular weight is 591 g/mol. The highest BCUT2D eigenvalue weighted by Crippen LogP contribution is 2.35. The van der Waals surface area contributed by atoms with Crippen molar-refractivity contribution >= 4 is 21.7 Å². The third-order valence-corrected chi connectivity index (χ3v) is 9.42. The molecule has 0 radical (unpaired) electrons. The molecule has 12 heteroatoms. The van der Waals surface area contributed by atoms with Gasteiger partial charge >= 0.3 is 0 Å². The Hall–Kier alpha value is -2.83. The zero-order valence-corrected chi connectivity index (χ0v) is 25.3. The number of benzene rings is 1. The van der Waals surface area contributed by atoms with Crippen LogP contribution in [0.4, 0.5) is 10.2 Å². The van der Waals surface area contributed by atoms with E-state index in [1.165, 1.54) is 24.5 Å². The Morgan fingerprint density at radius 3 is 2.49 bits per heavy atom. The van der Waals surface area contributed by atoms with Crippen LogP contribution in [0.25, 0.3) is 0 Å². The van der Waals surface area contributed by atoms with Crippen molar-refractivity contribution < 1.29 is 22.3 Å². The van der Waals surface area contributed by atoms with Crippen LogP contribution in [0.2, 0.25) is 0 Å². The van der Waals surface area contributed by atoms with Gasteiger partial charge in [-0.3, -0.25) is 4.79 Å². The Labute approximate surface area is 243 Å². The molecule has 1 amide bonds. The van der Waals surface area contributed by atoms with E-state index in [0.717, 1.165) is 51.9 Å². The first-order chi connectivity index (χ1) is 19.6. The van der Waals surface area contributed by atoms with Gasteiger partial charge in [0.15, 0.2) is 11.6 Å². The summed E-state index contributed by atoms with van der Waals surface area (Å²) in [5.74, 6) is 1.67. The lowest BCUT2D eigenvalue weighted by Gasteiger charge is -2.41. The van der Waals surface area contributed by atoms with Gasteiger partial charge < -0.3 is 19.9 Å². The Kier molecular flexibility index (Phi) is 10.5. The van der Waals surface area contributed by atoms with E-state index in [0.29, 0.717) is 29.9 Å². The Morgan fingerprint density at radius 2 is 1.83 bits per heavy atom. The van der Waals surface area contributed by atoms with Crippen LogP contribution in [0.1, 0.15) is 63.7 Å². The van der Waals surface area contributed by atoms with Crippen LogP contribution in [0, 0.1) is 17.7 Å². The van der Waals surface area contributed by atoms with Gasteiger partial charge in [0, 0.05) is 44.2 Å². The van der Waals surface area contributed by atoms with Crippen molar-refractivity contribution in [2.24, 2.45) is 11.8 Å². The maximum absolute atomic E-state index is 14.1. The molecule has 1 aliphatic heterocycles. The summed E-state index contributed by atoms with van der Waals surface area (Å²) in [5, 5.41) is 3.60. The van der Waals surface area contributed by atoms with Crippen molar-refractivity contribution in [3.05, 3.63) is 42.1 Å². The van der Waals surface area contributed by atoms with Crippen LogP contribution in [0.15, 0.2) is 30.7 Å². The molecular weight excluding hydrogens is 547 g/mol. The average Bonchev–Trinajstić information content (AvgIpc) is 2.92. The van der Waals surface area contributed by atoms with Gasteiger partial charge in [-0.1, -0.05) is 0 Å². The maximum Gasteiger partial charge on any atom is 0.257 e. The maximum atomic E-state index is 14.1. The van der Waals surface area contributed by atoms with Crippen molar-refractivity contribution in [1.29, 1.82) is 0 Å². The number of carbonyl (C=O) groups is 1. The van der Waals surface area contributed by atoms with Crippen LogP contribution in [-0.2, 0) is 10.0 Å². The number of sulfonamides is 1. The van der Waals surface area contributed by atoms with E-state index in [1.54, 1.807) is 18.0 Å². The minimum absolute atomic E-state index is 0.0393. The van der Waals surface area contributed by atoms with Crippen LogP contribution >= 0.6 is 0 Å². The number of ether oxygens (including phenoxy) is 1. The second-order valence-corrected chi connectivity index (χ2v) is 13.3. The van der Waals surface area contributed by atoms with Crippen molar-refractivity contribution in [1.82, 2.24) is 24.9 Å². The van der Waals surface area contributed by atoms with Gasteiger partial charge in [-0.15, -0.1) is 0 Å². The second kappa shape index (κ2) is 13.9. The summed E-state index contributed by atoms with van der Waals surface area (Å²) in [7, 11) is -3.15. The topological polar surface area (TPSA) is 117 Å². The predicted octanol–water partition coefficient (Wildman–Crippen LogP) is 3.80. The first-order valence-electron chi connectivity index (χ1n) is 14.6. The fraction of sp³-hybridized carbons (Fsp3) is 0.621. The second-order valence-electron chi connectivity index (χ2n) is 11.3. The molecule has 2 fully saturated rings. The summed E-state index contributed by atoms with van der Waals surface area (Å²) in [6.07, 6.45) is 6.84. The third kappa shape index (κ3) is 8.14. The van der Waals surface area contributed by atoms with E-state index < -0.39 is 15.8 Å². The molecule has 2 N–H and O–H groups in total. The van der Waals surface area contributed by atoms with Crippen LogP contribution in [0.3, 0.4) is 0 Å². The molecule has 0 atom stereocenters. The lowest BCUT2D eigenvalue weighted by atomic mass is 9.86. The number of amides is 1. The summed E-state index contributed by atoms with van der Waals surface area (Å²) >= 11 is 0. The van der Waals surface area contributed by atoms with Crippen molar-refractivity contribution in [3.63, 3.8) is 0 Å². The van der Waals surface area contributed by atoms with E-state index in [4.69, 9.17) is 4.74 Å².